The van der Waals surface area contributed by atoms with Crippen molar-refractivity contribution < 1.29 is 18.9 Å². The maximum Gasteiger partial charge on any atom is 0.231 e. The largest absolute Gasteiger partial charge is 0.454 e. The number of aliphatic imine (C=N–C) groups is 1. The van der Waals surface area contributed by atoms with E-state index in [0.717, 1.165) is 83.4 Å². The Labute approximate surface area is 172 Å². The molecule has 0 radical (unpaired) electrons. The quantitative estimate of drug-likeness (QED) is 0.399. The predicted molar refractivity (Wildman–Crippen MR) is 111 cm³/mol. The zero-order valence-electron chi connectivity index (χ0n) is 17.0. The van der Waals surface area contributed by atoms with Crippen LogP contribution >= 0.6 is 0 Å². The number of hydrogen-bond donors (Lipinski definition) is 2. The summed E-state index contributed by atoms with van der Waals surface area (Å²) in [5.74, 6) is 2.13. The Balaban J connectivity index is 1.32. The third kappa shape index (κ3) is 5.12. The molecular weight excluding hydrogens is 372 g/mol. The minimum atomic E-state index is -0.0840. The Morgan fingerprint density at radius 3 is 2.66 bits per heavy atom. The molecule has 29 heavy (non-hydrogen) atoms. The number of nitrogens with two attached hydrogens (primary N) is 1. The second kappa shape index (κ2) is 9.65. The lowest BCUT2D eigenvalue weighted by Crippen LogP contribution is -2.40. The Bertz CT molecular complexity index is 700. The second-order valence-corrected chi connectivity index (χ2v) is 7.90. The highest BCUT2D eigenvalue weighted by Gasteiger charge is 2.35. The van der Waals surface area contributed by atoms with Gasteiger partial charge in [-0.05, 0) is 43.5 Å². The highest BCUT2D eigenvalue weighted by Crippen LogP contribution is 2.41. The first kappa shape index (κ1) is 20.3. The monoisotopic (exact) mass is 404 g/mol. The van der Waals surface area contributed by atoms with Crippen molar-refractivity contribution in [1.29, 1.82) is 0 Å². The molecule has 3 aliphatic heterocycles. The Hall–Kier alpha value is -2.03. The number of nitrogens with one attached hydrogen (secondary N) is 1. The maximum absolute atomic E-state index is 6.17. The molecule has 4 rings (SSSR count). The first-order valence-corrected chi connectivity index (χ1v) is 10.6. The average molecular weight is 405 g/mol. The van der Waals surface area contributed by atoms with Gasteiger partial charge >= 0.3 is 0 Å². The fourth-order valence-corrected chi connectivity index (χ4v) is 4.16. The van der Waals surface area contributed by atoms with Crippen molar-refractivity contribution in [3.63, 3.8) is 0 Å². The van der Waals surface area contributed by atoms with Crippen LogP contribution in [0.3, 0.4) is 0 Å². The zero-order chi connectivity index (χ0) is 19.9. The highest BCUT2D eigenvalue weighted by atomic mass is 16.7. The van der Waals surface area contributed by atoms with Gasteiger partial charge in [0.25, 0.3) is 0 Å². The van der Waals surface area contributed by atoms with E-state index in [-0.39, 0.29) is 12.2 Å². The van der Waals surface area contributed by atoms with Crippen LogP contribution in [0.2, 0.25) is 0 Å². The summed E-state index contributed by atoms with van der Waals surface area (Å²) in [5.41, 5.74) is 7.30. The van der Waals surface area contributed by atoms with Crippen molar-refractivity contribution in [2.24, 2.45) is 10.7 Å². The van der Waals surface area contributed by atoms with Gasteiger partial charge in [-0.2, -0.15) is 0 Å². The SMILES string of the molecule is NC(=NCC1(c2ccc3c(c2)OCO3)CCOCC1)NCCCN1CCOCC1. The molecule has 0 spiro atoms. The van der Waals surface area contributed by atoms with Crippen LogP contribution in [0.1, 0.15) is 24.8 Å². The number of nitrogens with zero attached hydrogens (tertiary/aromatic N) is 2. The average Bonchev–Trinajstić information content (AvgIpc) is 3.25. The van der Waals surface area contributed by atoms with Crippen molar-refractivity contribution in [2.45, 2.75) is 24.7 Å². The smallest absolute Gasteiger partial charge is 0.231 e. The molecule has 3 aliphatic rings. The molecular formula is C21H32N4O4. The summed E-state index contributed by atoms with van der Waals surface area (Å²) in [6, 6.07) is 6.21. The summed E-state index contributed by atoms with van der Waals surface area (Å²) in [5, 5.41) is 3.27. The van der Waals surface area contributed by atoms with Crippen LogP contribution in [-0.4, -0.2) is 76.8 Å². The number of rotatable bonds is 7. The molecule has 1 aromatic rings. The van der Waals surface area contributed by atoms with Gasteiger partial charge in [-0.25, -0.2) is 0 Å². The molecule has 8 heteroatoms. The van der Waals surface area contributed by atoms with Crippen molar-refractivity contribution in [1.82, 2.24) is 10.2 Å². The Morgan fingerprint density at radius 1 is 1.07 bits per heavy atom. The Morgan fingerprint density at radius 2 is 1.83 bits per heavy atom. The van der Waals surface area contributed by atoms with E-state index >= 15 is 0 Å². The van der Waals surface area contributed by atoms with Crippen LogP contribution in [0.5, 0.6) is 11.5 Å². The lowest BCUT2D eigenvalue weighted by atomic mass is 9.74. The molecule has 0 unspecified atom stereocenters. The van der Waals surface area contributed by atoms with E-state index in [1.165, 1.54) is 5.56 Å². The second-order valence-electron chi connectivity index (χ2n) is 7.90. The van der Waals surface area contributed by atoms with Crippen LogP contribution in [0.15, 0.2) is 23.2 Å². The van der Waals surface area contributed by atoms with Crippen LogP contribution in [0.4, 0.5) is 0 Å². The first-order valence-electron chi connectivity index (χ1n) is 10.6. The van der Waals surface area contributed by atoms with Gasteiger partial charge in [-0.3, -0.25) is 9.89 Å². The molecule has 2 fully saturated rings. The van der Waals surface area contributed by atoms with Gasteiger partial charge in [0.1, 0.15) is 0 Å². The van der Waals surface area contributed by atoms with Crippen LogP contribution in [-0.2, 0) is 14.9 Å². The normalized spacial score (nSPS) is 21.9. The Kier molecular flexibility index (Phi) is 6.74. The molecule has 0 aromatic heterocycles. The molecule has 8 nitrogen and oxygen atoms in total. The number of ether oxygens (including phenoxy) is 4. The van der Waals surface area contributed by atoms with E-state index in [4.69, 9.17) is 29.7 Å². The van der Waals surface area contributed by atoms with E-state index in [9.17, 15) is 0 Å². The number of hydrogen-bond acceptors (Lipinski definition) is 6. The van der Waals surface area contributed by atoms with Gasteiger partial charge in [0.05, 0.1) is 19.8 Å². The molecule has 160 valence electrons. The van der Waals surface area contributed by atoms with Crippen LogP contribution in [0, 0.1) is 0 Å². The van der Waals surface area contributed by atoms with E-state index < -0.39 is 0 Å². The predicted octanol–water partition coefficient (Wildman–Crippen LogP) is 1.09. The van der Waals surface area contributed by atoms with Gasteiger partial charge in [0.2, 0.25) is 6.79 Å². The van der Waals surface area contributed by atoms with Gasteiger partial charge < -0.3 is 30.0 Å². The van der Waals surface area contributed by atoms with E-state index in [1.807, 2.05) is 6.07 Å². The van der Waals surface area contributed by atoms with Gasteiger partial charge in [0.15, 0.2) is 17.5 Å². The molecule has 0 saturated carbocycles. The molecule has 2 saturated heterocycles. The molecule has 3 heterocycles. The molecule has 0 aliphatic carbocycles. The summed E-state index contributed by atoms with van der Waals surface area (Å²) in [6.45, 7) is 7.98. The van der Waals surface area contributed by atoms with Gasteiger partial charge in [0, 0.05) is 38.3 Å². The van der Waals surface area contributed by atoms with Crippen molar-refractivity contribution in [3.8, 4) is 11.5 Å². The van der Waals surface area contributed by atoms with E-state index in [2.05, 4.69) is 22.3 Å². The number of benzene rings is 1. The van der Waals surface area contributed by atoms with Crippen LogP contribution in [0.25, 0.3) is 0 Å². The summed E-state index contributed by atoms with van der Waals surface area (Å²) >= 11 is 0. The summed E-state index contributed by atoms with van der Waals surface area (Å²) in [6.07, 6.45) is 2.87. The topological polar surface area (TPSA) is 90.6 Å². The minimum Gasteiger partial charge on any atom is -0.454 e. The van der Waals surface area contributed by atoms with E-state index in [1.54, 1.807) is 0 Å². The maximum atomic E-state index is 6.17. The molecule has 0 atom stereocenters. The summed E-state index contributed by atoms with van der Waals surface area (Å²) < 4.78 is 22.0. The molecule has 3 N–H and O–H groups in total. The fourth-order valence-electron chi connectivity index (χ4n) is 4.16. The van der Waals surface area contributed by atoms with Crippen LogP contribution < -0.4 is 20.5 Å². The standard InChI is InChI=1S/C21H32N4O4/c22-20(23-6-1-7-25-8-12-27-13-9-25)24-15-21(4-10-26-11-5-21)17-2-3-18-19(14-17)29-16-28-18/h2-3,14H,1,4-13,15-16H2,(H3,22,23,24). The lowest BCUT2D eigenvalue weighted by Gasteiger charge is -2.36. The molecule has 0 amide bonds. The van der Waals surface area contributed by atoms with E-state index in [0.29, 0.717) is 12.5 Å². The lowest BCUT2D eigenvalue weighted by molar-refractivity contribution is 0.0376. The number of guanidine groups is 1. The third-order valence-corrected chi connectivity index (χ3v) is 6.05. The molecule has 1 aromatic carbocycles. The van der Waals surface area contributed by atoms with Crippen molar-refractivity contribution >= 4 is 5.96 Å². The number of fused-ring (bicyclic) bond motifs is 1. The van der Waals surface area contributed by atoms with Crippen molar-refractivity contribution in [3.05, 3.63) is 23.8 Å². The zero-order valence-corrected chi connectivity index (χ0v) is 17.0. The van der Waals surface area contributed by atoms with Crippen molar-refractivity contribution in [2.75, 3.05) is 65.9 Å². The highest BCUT2D eigenvalue weighted by molar-refractivity contribution is 5.77. The molecule has 0 bridgehead atoms. The fraction of sp³-hybridized carbons (Fsp3) is 0.667. The van der Waals surface area contributed by atoms with Gasteiger partial charge in [-0.15, -0.1) is 0 Å². The number of morpholine rings is 1. The van der Waals surface area contributed by atoms with Gasteiger partial charge in [-0.1, -0.05) is 6.07 Å². The third-order valence-electron chi connectivity index (χ3n) is 6.05. The first-order chi connectivity index (χ1) is 14.3. The minimum absolute atomic E-state index is 0.0840. The summed E-state index contributed by atoms with van der Waals surface area (Å²) in [4.78, 5) is 7.12. The summed E-state index contributed by atoms with van der Waals surface area (Å²) in [7, 11) is 0.